The molecule has 29 heavy (non-hydrogen) atoms. The van der Waals surface area contributed by atoms with Crippen molar-refractivity contribution in [3.63, 3.8) is 0 Å². The minimum absolute atomic E-state index is 0.0291. The fourth-order valence-electron chi connectivity index (χ4n) is 4.22. The van der Waals surface area contributed by atoms with Gasteiger partial charge < -0.3 is 14.2 Å². The van der Waals surface area contributed by atoms with Crippen molar-refractivity contribution in [2.45, 2.75) is 45.4 Å². The molecule has 154 valence electrons. The Morgan fingerprint density at radius 2 is 1.97 bits per heavy atom. The molecule has 0 radical (unpaired) electrons. The molecule has 1 atom stereocenters. The van der Waals surface area contributed by atoms with Crippen molar-refractivity contribution in [3.8, 4) is 0 Å². The molecular formula is C22H25NO5S. The topological polar surface area (TPSA) is 89.5 Å². The Labute approximate surface area is 170 Å². The second kappa shape index (κ2) is 6.76. The van der Waals surface area contributed by atoms with Gasteiger partial charge in [-0.05, 0) is 30.9 Å². The molecule has 1 aliphatic carbocycles. The van der Waals surface area contributed by atoms with E-state index < -0.39 is 15.7 Å². The van der Waals surface area contributed by atoms with Crippen LogP contribution in [0.15, 0.2) is 39.2 Å². The summed E-state index contributed by atoms with van der Waals surface area (Å²) >= 11 is 0. The molecule has 4 rings (SSSR count). The van der Waals surface area contributed by atoms with Crippen molar-refractivity contribution in [1.29, 1.82) is 0 Å². The van der Waals surface area contributed by atoms with Gasteiger partial charge in [-0.25, -0.2) is 8.42 Å². The zero-order valence-electron chi connectivity index (χ0n) is 17.0. The van der Waals surface area contributed by atoms with Crippen molar-refractivity contribution >= 4 is 26.7 Å². The SMILES string of the molecule is Cc1cc2c(o1)CC(C)(C)CC2NC(=O)c1oc2ccccc2c1CS(C)(=O)=O. The van der Waals surface area contributed by atoms with E-state index >= 15 is 0 Å². The molecule has 6 nitrogen and oxygen atoms in total. The van der Waals surface area contributed by atoms with Gasteiger partial charge in [0.25, 0.3) is 5.91 Å². The van der Waals surface area contributed by atoms with Crippen LogP contribution in [0.2, 0.25) is 0 Å². The molecule has 1 unspecified atom stereocenters. The third-order valence-corrected chi connectivity index (χ3v) is 6.17. The van der Waals surface area contributed by atoms with E-state index in [0.717, 1.165) is 36.2 Å². The molecule has 1 aromatic carbocycles. The molecular weight excluding hydrogens is 390 g/mol. The summed E-state index contributed by atoms with van der Waals surface area (Å²) in [5, 5.41) is 3.71. The number of sulfone groups is 1. The van der Waals surface area contributed by atoms with Gasteiger partial charge in [-0.1, -0.05) is 32.0 Å². The van der Waals surface area contributed by atoms with Crippen molar-refractivity contribution in [2.24, 2.45) is 5.41 Å². The van der Waals surface area contributed by atoms with Crippen LogP contribution in [0.5, 0.6) is 0 Å². The van der Waals surface area contributed by atoms with Crippen LogP contribution < -0.4 is 5.32 Å². The van der Waals surface area contributed by atoms with Crippen LogP contribution >= 0.6 is 0 Å². The Morgan fingerprint density at radius 1 is 1.24 bits per heavy atom. The minimum atomic E-state index is -3.35. The van der Waals surface area contributed by atoms with Crippen molar-refractivity contribution in [3.05, 3.63) is 58.7 Å². The van der Waals surface area contributed by atoms with E-state index in [2.05, 4.69) is 19.2 Å². The number of hydrogen-bond donors (Lipinski definition) is 1. The first kappa shape index (κ1) is 19.8. The largest absolute Gasteiger partial charge is 0.466 e. The predicted molar refractivity (Wildman–Crippen MR) is 111 cm³/mol. The van der Waals surface area contributed by atoms with E-state index in [1.165, 1.54) is 0 Å². The summed E-state index contributed by atoms with van der Waals surface area (Å²) in [7, 11) is -3.35. The third-order valence-electron chi connectivity index (χ3n) is 5.35. The van der Waals surface area contributed by atoms with Gasteiger partial charge >= 0.3 is 0 Å². The molecule has 0 saturated heterocycles. The second-order valence-corrected chi connectivity index (χ2v) is 10.9. The van der Waals surface area contributed by atoms with Gasteiger partial charge in [-0.15, -0.1) is 0 Å². The first-order valence-electron chi connectivity index (χ1n) is 9.61. The van der Waals surface area contributed by atoms with E-state index in [9.17, 15) is 13.2 Å². The van der Waals surface area contributed by atoms with Crippen LogP contribution in [0.25, 0.3) is 11.0 Å². The lowest BCUT2D eigenvalue weighted by Gasteiger charge is -2.34. The molecule has 0 aliphatic heterocycles. The number of furan rings is 2. The van der Waals surface area contributed by atoms with Gasteiger partial charge in [0, 0.05) is 29.2 Å². The molecule has 0 fully saturated rings. The van der Waals surface area contributed by atoms with Gasteiger partial charge in [0.1, 0.15) is 17.1 Å². The minimum Gasteiger partial charge on any atom is -0.466 e. The van der Waals surface area contributed by atoms with Crippen LogP contribution in [-0.2, 0) is 22.0 Å². The average Bonchev–Trinajstić information content (AvgIpc) is 3.13. The quantitative estimate of drug-likeness (QED) is 0.685. The van der Waals surface area contributed by atoms with Crippen LogP contribution in [0, 0.1) is 12.3 Å². The molecule has 2 aromatic heterocycles. The lowest BCUT2D eigenvalue weighted by molar-refractivity contribution is 0.0890. The molecule has 1 N–H and O–H groups in total. The van der Waals surface area contributed by atoms with Crippen LogP contribution in [0.1, 0.15) is 59.5 Å². The molecule has 0 bridgehead atoms. The first-order chi connectivity index (χ1) is 13.5. The summed E-state index contributed by atoms with van der Waals surface area (Å²) in [6.07, 6.45) is 2.72. The van der Waals surface area contributed by atoms with Crippen LogP contribution in [0.3, 0.4) is 0 Å². The molecule has 7 heteroatoms. The smallest absolute Gasteiger partial charge is 0.287 e. The Morgan fingerprint density at radius 3 is 2.69 bits per heavy atom. The number of carbonyl (C=O) groups excluding carboxylic acids is 1. The molecule has 3 aromatic rings. The van der Waals surface area contributed by atoms with E-state index in [0.29, 0.717) is 16.5 Å². The Balaban J connectivity index is 1.72. The Bertz CT molecular complexity index is 1200. The maximum absolute atomic E-state index is 13.2. The number of nitrogens with one attached hydrogen (secondary N) is 1. The fraction of sp³-hybridized carbons (Fsp3) is 0.409. The van der Waals surface area contributed by atoms with Crippen molar-refractivity contribution < 1.29 is 22.0 Å². The first-order valence-corrected chi connectivity index (χ1v) is 11.7. The maximum Gasteiger partial charge on any atom is 0.287 e. The lowest BCUT2D eigenvalue weighted by atomic mass is 9.74. The maximum atomic E-state index is 13.2. The van der Waals surface area contributed by atoms with E-state index in [1.54, 1.807) is 24.3 Å². The number of fused-ring (bicyclic) bond motifs is 2. The predicted octanol–water partition coefficient (Wildman–Crippen LogP) is 4.32. The third kappa shape index (κ3) is 3.96. The van der Waals surface area contributed by atoms with Gasteiger partial charge in [-0.2, -0.15) is 0 Å². The highest BCUT2D eigenvalue weighted by Crippen LogP contribution is 2.42. The molecule has 1 amide bonds. The number of hydrogen-bond acceptors (Lipinski definition) is 5. The standard InChI is InChI=1S/C22H25NO5S/c1-13-9-15-17(10-22(2,3)11-19(15)27-13)23-21(24)20-16(12-29(4,25)26)14-7-5-6-8-18(14)28-20/h5-9,17H,10-12H2,1-4H3,(H,23,24). The monoisotopic (exact) mass is 415 g/mol. The van der Waals surface area contributed by atoms with Crippen LogP contribution in [0.4, 0.5) is 0 Å². The zero-order valence-corrected chi connectivity index (χ0v) is 17.9. The van der Waals surface area contributed by atoms with Gasteiger partial charge in [-0.3, -0.25) is 4.79 Å². The Kier molecular flexibility index (Phi) is 4.61. The fourth-order valence-corrected chi connectivity index (χ4v) is 5.04. The molecule has 2 heterocycles. The zero-order chi connectivity index (χ0) is 21.0. The van der Waals surface area contributed by atoms with E-state index in [4.69, 9.17) is 8.83 Å². The van der Waals surface area contributed by atoms with E-state index in [-0.39, 0.29) is 23.0 Å². The van der Waals surface area contributed by atoms with Gasteiger partial charge in [0.2, 0.25) is 0 Å². The summed E-state index contributed by atoms with van der Waals surface area (Å²) < 4.78 is 35.6. The number of amides is 1. The van der Waals surface area contributed by atoms with Gasteiger partial charge in [0.15, 0.2) is 15.6 Å². The number of carbonyl (C=O) groups is 1. The second-order valence-electron chi connectivity index (χ2n) is 8.78. The number of rotatable bonds is 4. The molecule has 1 aliphatic rings. The summed E-state index contributed by atoms with van der Waals surface area (Å²) in [5.74, 6) is 1.10. The molecule has 0 saturated carbocycles. The van der Waals surface area contributed by atoms with Crippen LogP contribution in [-0.4, -0.2) is 20.6 Å². The van der Waals surface area contributed by atoms with Crippen molar-refractivity contribution in [2.75, 3.05) is 6.26 Å². The summed E-state index contributed by atoms with van der Waals surface area (Å²) in [6, 6.07) is 8.84. The number of aryl methyl sites for hydroxylation is 1. The highest BCUT2D eigenvalue weighted by molar-refractivity contribution is 7.89. The lowest BCUT2D eigenvalue weighted by Crippen LogP contribution is -2.36. The summed E-state index contributed by atoms with van der Waals surface area (Å²) in [6.45, 7) is 6.18. The highest BCUT2D eigenvalue weighted by Gasteiger charge is 2.36. The molecule has 0 spiro atoms. The van der Waals surface area contributed by atoms with E-state index in [1.807, 2.05) is 13.0 Å². The van der Waals surface area contributed by atoms with Gasteiger partial charge in [0.05, 0.1) is 11.8 Å². The number of para-hydroxylation sites is 1. The summed E-state index contributed by atoms with van der Waals surface area (Å²) in [4.78, 5) is 13.2. The van der Waals surface area contributed by atoms with Crippen molar-refractivity contribution in [1.82, 2.24) is 5.32 Å². The highest BCUT2D eigenvalue weighted by atomic mass is 32.2. The summed E-state index contributed by atoms with van der Waals surface area (Å²) in [5.41, 5.74) is 1.86. The average molecular weight is 416 g/mol. The normalized spacial score (nSPS) is 18.6. The Hall–Kier alpha value is -2.54. The number of benzene rings is 1.